The third kappa shape index (κ3) is 22.2. The van der Waals surface area contributed by atoms with Crippen molar-refractivity contribution in [2.45, 2.75) is 107 Å². The Labute approximate surface area is 574 Å². The van der Waals surface area contributed by atoms with Gasteiger partial charge in [-0.05, 0) is 192 Å². The second kappa shape index (κ2) is 38.7. The molecule has 19 heterocycles. The largest absolute Gasteiger partial charge is 0.488 e. The van der Waals surface area contributed by atoms with Crippen LogP contribution in [-0.2, 0) is 38.5 Å². The van der Waals surface area contributed by atoms with E-state index in [2.05, 4.69) is 137 Å². The molecule has 10 aliphatic heterocycles. The van der Waals surface area contributed by atoms with Crippen LogP contribution in [0.1, 0.15) is 91.3 Å². The molecule has 25 heteroatoms. The van der Waals surface area contributed by atoms with Gasteiger partial charge in [-0.2, -0.15) is 5.10 Å². The van der Waals surface area contributed by atoms with Gasteiger partial charge in [0.1, 0.15) is 47.8 Å². The van der Waals surface area contributed by atoms with E-state index in [9.17, 15) is 0 Å². The fraction of sp³-hybridized carbons (Fsp3) is 0.417. The summed E-state index contributed by atoms with van der Waals surface area (Å²) in [4.78, 5) is 42.5. The maximum absolute atomic E-state index is 5.30. The van der Waals surface area contributed by atoms with Gasteiger partial charge in [0.05, 0.1) is 24.1 Å². The average molecular weight is 1330 g/mol. The van der Waals surface area contributed by atoms with Crippen LogP contribution >= 0.6 is 11.8 Å². The summed E-state index contributed by atoms with van der Waals surface area (Å²) in [7, 11) is 0. The molecule has 1 saturated heterocycles. The molecule has 2 bridgehead atoms. The van der Waals surface area contributed by atoms with Gasteiger partial charge in [-0.1, -0.05) is 12.1 Å². The molecule has 0 radical (unpaired) electrons. The van der Waals surface area contributed by atoms with Crippen molar-refractivity contribution in [1.82, 2.24) is 65.4 Å². The van der Waals surface area contributed by atoms with Gasteiger partial charge in [-0.15, -0.1) is 16.9 Å². The summed E-state index contributed by atoms with van der Waals surface area (Å²) in [6, 6.07) is 25.0. The van der Waals surface area contributed by atoms with Gasteiger partial charge in [0.2, 0.25) is 0 Å². The van der Waals surface area contributed by atoms with Crippen molar-refractivity contribution in [2.75, 3.05) is 138 Å². The van der Waals surface area contributed by atoms with Crippen LogP contribution in [0, 0.1) is 5.92 Å². The SMILES string of the molecule is C1CC2CC1CN2.c1cc2c(cn1)CCCN2.c1cc2c(nn1)NCCC2.c1cnc2c(c1)CCCCN2.c1cnc2c(c1)CCN2.c1cnc2c(c1)NCCN2.c1cnc2c(c1)OCCN2.c1cnc2c(c1)SCCN2.c1cnc2c(n1)CCCN2.c1ncc2c(n1)NCCC2. The number of rotatable bonds is 0. The standard InChI is InChI=1S/C9H12N2.C8H10N2.4C7H9N3.C7H8N2O.C7H8N2S.C7H8N2.C6H11N/c1-2-6-10-9-8(4-1)5-3-7-11-9;1-2-7-6-9-5-3-8(7)10-4-1;1-2-6-3-5-9-10-7(6)8-4-1;1-2-6-4-8-5-10-7(6)9-3-1;2*1-2-6-7(9-3-1)10-5-4-8-6;2*1-2-6-7(8-3-1)9-4-5-10-6;1-2-6-3-5-9-7(6)8-4-1;1-2-6-3-5(1)4-7-6/h3,5,7H,1-2,4,6H2,(H,10,11);3,5-6,10H,1-2,4H2;3,5H,1-2,4H2,(H,8,10);4-5H,1-3H2,(H,8,9,10);4-5H,1-3H2,(H,9,10);1-3,8H,4-5H2,(H,9,10);2*1-3H,4-5H2,(H,8,9);1-2,4H,3,5H2,(H,8,9);5-7H,1-4H2. The van der Waals surface area contributed by atoms with Crippen LogP contribution in [0.5, 0.6) is 5.75 Å². The van der Waals surface area contributed by atoms with E-state index in [-0.39, 0.29) is 0 Å². The van der Waals surface area contributed by atoms with Crippen LogP contribution in [-0.4, -0.2) is 150 Å². The normalized spacial score (nSPS) is 17.8. The topological polar surface area (TPSA) is 296 Å². The number of anilines is 10. The zero-order valence-electron chi connectivity index (χ0n) is 55.5. The first-order valence-corrected chi connectivity index (χ1v) is 35.6. The molecule has 1 saturated carbocycles. The van der Waals surface area contributed by atoms with Crippen molar-refractivity contribution in [3.05, 3.63) is 181 Å². The van der Waals surface area contributed by atoms with Crippen LogP contribution in [0.15, 0.2) is 152 Å². The zero-order chi connectivity index (χ0) is 66.0. The number of pyridine rings is 6. The van der Waals surface area contributed by atoms with Crippen molar-refractivity contribution in [2.24, 2.45) is 5.92 Å². The van der Waals surface area contributed by atoms with E-state index in [1.165, 1.54) is 116 Å². The van der Waals surface area contributed by atoms with Gasteiger partial charge in [0.25, 0.3) is 0 Å². The molecule has 9 aromatic rings. The van der Waals surface area contributed by atoms with Crippen molar-refractivity contribution in [1.29, 1.82) is 0 Å². The predicted molar refractivity (Wildman–Crippen MR) is 392 cm³/mol. The molecule has 508 valence electrons. The lowest BCUT2D eigenvalue weighted by molar-refractivity contribution is 0.321. The average Bonchev–Trinajstić information content (AvgIpc) is 3.64. The number of ether oxygens (including phenoxy) is 1. The summed E-state index contributed by atoms with van der Waals surface area (Å²) in [5, 5.41) is 43.4. The van der Waals surface area contributed by atoms with Gasteiger partial charge in [-0.25, -0.2) is 39.9 Å². The molecule has 0 spiro atoms. The third-order valence-corrected chi connectivity index (χ3v) is 18.2. The van der Waals surface area contributed by atoms with Gasteiger partial charge in [0, 0.05) is 149 Å². The van der Waals surface area contributed by atoms with Crippen LogP contribution in [0.4, 0.5) is 57.9 Å². The maximum Gasteiger partial charge on any atom is 0.168 e. The van der Waals surface area contributed by atoms with Crippen LogP contribution < -0.4 is 63.2 Å². The molecule has 97 heavy (non-hydrogen) atoms. The summed E-state index contributed by atoms with van der Waals surface area (Å²) < 4.78 is 5.30. The number of nitrogens with one attached hydrogen (secondary N) is 11. The number of aromatic nitrogens is 12. The fourth-order valence-electron chi connectivity index (χ4n) is 12.2. The number of hydrogen-bond acceptors (Lipinski definition) is 25. The Balaban J connectivity index is 0.000000109. The Morgan fingerprint density at radius 2 is 0.979 bits per heavy atom. The van der Waals surface area contributed by atoms with E-state index < -0.39 is 0 Å². The van der Waals surface area contributed by atoms with Crippen LogP contribution in [0.3, 0.4) is 0 Å². The molecule has 9 aromatic heterocycles. The molecule has 11 N–H and O–H groups in total. The number of fused-ring (bicyclic) bond motifs is 11. The van der Waals surface area contributed by atoms with Crippen molar-refractivity contribution in [3.63, 3.8) is 0 Å². The Bertz CT molecular complexity index is 3050. The van der Waals surface area contributed by atoms with E-state index in [0.29, 0.717) is 0 Å². The third-order valence-electron chi connectivity index (χ3n) is 17.2. The highest BCUT2D eigenvalue weighted by Crippen LogP contribution is 2.31. The zero-order valence-corrected chi connectivity index (χ0v) is 56.3. The van der Waals surface area contributed by atoms with E-state index in [1.807, 2.05) is 104 Å². The Kier molecular flexibility index (Phi) is 27.4. The monoisotopic (exact) mass is 1330 g/mol. The quantitative estimate of drug-likeness (QED) is 0.0672. The molecule has 2 unspecified atom stereocenters. The van der Waals surface area contributed by atoms with Crippen molar-refractivity contribution < 1.29 is 4.74 Å². The maximum atomic E-state index is 5.30. The van der Waals surface area contributed by atoms with Crippen LogP contribution in [0.2, 0.25) is 0 Å². The first-order chi connectivity index (χ1) is 48.1. The lowest BCUT2D eigenvalue weighted by atomic mass is 10.1. The number of piperidine rings is 1. The highest BCUT2D eigenvalue weighted by Gasteiger charge is 2.30. The molecule has 2 fully saturated rings. The van der Waals surface area contributed by atoms with E-state index in [0.717, 1.165) is 179 Å². The van der Waals surface area contributed by atoms with Gasteiger partial charge >= 0.3 is 0 Å². The lowest BCUT2D eigenvalue weighted by Crippen LogP contribution is -2.23. The molecular weight excluding hydrogens is 1240 g/mol. The summed E-state index contributed by atoms with van der Waals surface area (Å²) in [5.41, 5.74) is 10.1. The molecule has 24 nitrogen and oxygen atoms in total. The fourth-order valence-corrected chi connectivity index (χ4v) is 13.0. The minimum Gasteiger partial charge on any atom is -0.488 e. The molecule has 11 aliphatic rings. The second-order valence-corrected chi connectivity index (χ2v) is 25.3. The van der Waals surface area contributed by atoms with Crippen molar-refractivity contribution in [3.8, 4) is 5.75 Å². The molecule has 20 rings (SSSR count). The summed E-state index contributed by atoms with van der Waals surface area (Å²) >= 11 is 1.86. The Hall–Kier alpha value is -9.75. The summed E-state index contributed by atoms with van der Waals surface area (Å²) in [6.07, 6.45) is 40.0. The molecule has 1 aliphatic carbocycles. The number of aryl methyl sites for hydroxylation is 5. The van der Waals surface area contributed by atoms with Crippen molar-refractivity contribution >= 4 is 69.7 Å². The van der Waals surface area contributed by atoms with Gasteiger partial charge in [-0.3, -0.25) is 9.97 Å². The molecule has 0 aromatic carbocycles. The van der Waals surface area contributed by atoms with Gasteiger partial charge in [0.15, 0.2) is 17.4 Å². The second-order valence-electron chi connectivity index (χ2n) is 24.2. The number of nitrogens with zero attached hydrogens (tertiary/aromatic N) is 12. The lowest BCUT2D eigenvalue weighted by Gasteiger charge is -2.17. The molecule has 2 atom stereocenters. The minimum absolute atomic E-state index is 0.735. The predicted octanol–water partition coefficient (Wildman–Crippen LogP) is 11.0. The minimum atomic E-state index is 0.735. The summed E-state index contributed by atoms with van der Waals surface area (Å²) in [5.74, 6) is 11.0. The van der Waals surface area contributed by atoms with E-state index in [4.69, 9.17) is 4.74 Å². The number of hydrogen-bond donors (Lipinski definition) is 11. The van der Waals surface area contributed by atoms with Crippen LogP contribution in [0.25, 0.3) is 0 Å². The number of thioether (sulfide) groups is 1. The smallest absolute Gasteiger partial charge is 0.168 e. The summed E-state index contributed by atoms with van der Waals surface area (Å²) in [6.45, 7) is 12.2. The first-order valence-electron chi connectivity index (χ1n) is 34.6. The highest BCUT2D eigenvalue weighted by atomic mass is 32.2. The Morgan fingerprint density at radius 1 is 0.381 bits per heavy atom. The highest BCUT2D eigenvalue weighted by molar-refractivity contribution is 7.99. The Morgan fingerprint density at radius 3 is 1.71 bits per heavy atom. The molecule has 0 amide bonds. The van der Waals surface area contributed by atoms with Gasteiger partial charge < -0.3 is 63.2 Å². The van der Waals surface area contributed by atoms with E-state index in [1.54, 1.807) is 37.3 Å². The van der Waals surface area contributed by atoms with E-state index >= 15 is 0 Å². The molecular formula is C72H93N23OS. The first kappa shape index (κ1) is 68.6.